The Hall–Kier alpha value is -3.87. The first-order chi connectivity index (χ1) is 16.0. The van der Waals surface area contributed by atoms with Gasteiger partial charge in [-0.25, -0.2) is 4.68 Å². The zero-order valence-corrected chi connectivity index (χ0v) is 18.7. The smallest absolute Gasteiger partial charge is 0.261 e. The van der Waals surface area contributed by atoms with Gasteiger partial charge in [0.25, 0.3) is 5.91 Å². The standard InChI is InChI=1S/C26H26N4O3/c1-3-33-19-13-11-18(12-14-19)28-26(32)20-15-27-30-24(17-9-7-16(2)8-10-17)23-21(29-25(20)30)5-4-6-22(23)31/h7-15,24,29H,3-6H2,1-2H3,(H,28,32)/t24-/m0/s1. The fourth-order valence-electron chi connectivity index (χ4n) is 4.48. The number of aryl methyl sites for hydroxylation is 1. The third-order valence-corrected chi connectivity index (χ3v) is 6.10. The quantitative estimate of drug-likeness (QED) is 0.589. The summed E-state index contributed by atoms with van der Waals surface area (Å²) in [6.45, 7) is 4.55. The second kappa shape index (κ2) is 8.58. The van der Waals surface area contributed by atoms with Crippen LogP contribution in [0.5, 0.6) is 5.75 Å². The van der Waals surface area contributed by atoms with Gasteiger partial charge in [0.05, 0.1) is 12.8 Å². The van der Waals surface area contributed by atoms with Gasteiger partial charge in [-0.05, 0) is 56.5 Å². The first-order valence-corrected chi connectivity index (χ1v) is 11.3. The minimum atomic E-state index is -0.350. The van der Waals surface area contributed by atoms with Crippen LogP contribution in [0.25, 0.3) is 0 Å². The zero-order chi connectivity index (χ0) is 22.9. The third kappa shape index (κ3) is 3.91. The first kappa shape index (κ1) is 21.0. The molecule has 0 bridgehead atoms. The molecule has 2 heterocycles. The van der Waals surface area contributed by atoms with Crippen LogP contribution in [0.3, 0.4) is 0 Å². The summed E-state index contributed by atoms with van der Waals surface area (Å²) in [5, 5.41) is 10.8. The third-order valence-electron chi connectivity index (χ3n) is 6.10. The molecule has 0 unspecified atom stereocenters. The SMILES string of the molecule is CCOc1ccc(NC(=O)c2cnn3c2NC2=C(C(=O)CCC2)[C@@H]3c2ccc(C)cc2)cc1. The highest BCUT2D eigenvalue weighted by atomic mass is 16.5. The molecular formula is C26H26N4O3. The summed E-state index contributed by atoms with van der Waals surface area (Å²) in [5.41, 5.74) is 4.87. The predicted octanol–water partition coefficient (Wildman–Crippen LogP) is 4.86. The topological polar surface area (TPSA) is 85.2 Å². The molecule has 0 spiro atoms. The second-order valence-electron chi connectivity index (χ2n) is 8.37. The molecule has 168 valence electrons. The van der Waals surface area contributed by atoms with Crippen LogP contribution in [0.1, 0.15) is 53.7 Å². The zero-order valence-electron chi connectivity index (χ0n) is 18.7. The fraction of sp³-hybridized carbons (Fsp3) is 0.269. The van der Waals surface area contributed by atoms with E-state index in [2.05, 4.69) is 15.7 Å². The van der Waals surface area contributed by atoms with Gasteiger partial charge in [-0.1, -0.05) is 29.8 Å². The van der Waals surface area contributed by atoms with Gasteiger partial charge in [-0.15, -0.1) is 0 Å². The van der Waals surface area contributed by atoms with Crippen molar-refractivity contribution in [3.8, 4) is 5.75 Å². The molecule has 2 aliphatic rings. The van der Waals surface area contributed by atoms with Gasteiger partial charge in [0, 0.05) is 23.4 Å². The lowest BCUT2D eigenvalue weighted by molar-refractivity contribution is -0.116. The van der Waals surface area contributed by atoms with E-state index in [1.54, 1.807) is 10.9 Å². The second-order valence-corrected chi connectivity index (χ2v) is 8.37. The number of nitrogens with zero attached hydrogens (tertiary/aromatic N) is 2. The van der Waals surface area contributed by atoms with Crippen molar-refractivity contribution in [1.82, 2.24) is 9.78 Å². The van der Waals surface area contributed by atoms with Crippen molar-refractivity contribution in [2.45, 2.75) is 39.2 Å². The molecule has 1 aromatic heterocycles. The van der Waals surface area contributed by atoms with E-state index >= 15 is 0 Å². The first-order valence-electron chi connectivity index (χ1n) is 11.3. The molecule has 7 heteroatoms. The van der Waals surface area contributed by atoms with Crippen molar-refractivity contribution in [2.24, 2.45) is 0 Å². The summed E-state index contributed by atoms with van der Waals surface area (Å²) in [4.78, 5) is 26.1. The van der Waals surface area contributed by atoms with Crippen LogP contribution in [0, 0.1) is 6.92 Å². The largest absolute Gasteiger partial charge is 0.494 e. The Bertz CT molecular complexity index is 1240. The van der Waals surface area contributed by atoms with E-state index in [4.69, 9.17) is 4.74 Å². The normalized spacial score (nSPS) is 17.2. The maximum Gasteiger partial charge on any atom is 0.261 e. The molecule has 2 N–H and O–H groups in total. The number of hydrogen-bond acceptors (Lipinski definition) is 5. The fourth-order valence-corrected chi connectivity index (χ4v) is 4.48. The number of carbonyl (C=O) groups is 2. The average Bonchev–Trinajstić information content (AvgIpc) is 3.24. The van der Waals surface area contributed by atoms with Crippen molar-refractivity contribution in [2.75, 3.05) is 17.2 Å². The van der Waals surface area contributed by atoms with E-state index in [-0.39, 0.29) is 17.7 Å². The van der Waals surface area contributed by atoms with Crippen LogP contribution >= 0.6 is 0 Å². The minimum Gasteiger partial charge on any atom is -0.494 e. The van der Waals surface area contributed by atoms with E-state index < -0.39 is 0 Å². The Kier molecular flexibility index (Phi) is 5.46. The Morgan fingerprint density at radius 3 is 2.64 bits per heavy atom. The number of nitrogens with one attached hydrogen (secondary N) is 2. The van der Waals surface area contributed by atoms with Crippen LogP contribution in [-0.4, -0.2) is 28.1 Å². The number of Topliss-reactive ketones (excluding diaryl/α,β-unsaturated/α-hetero) is 1. The molecule has 0 radical (unpaired) electrons. The molecular weight excluding hydrogens is 416 g/mol. The number of amides is 1. The summed E-state index contributed by atoms with van der Waals surface area (Å²) in [6.07, 6.45) is 3.67. The van der Waals surface area contributed by atoms with Crippen molar-refractivity contribution >= 4 is 23.2 Å². The van der Waals surface area contributed by atoms with Crippen molar-refractivity contribution in [3.63, 3.8) is 0 Å². The lowest BCUT2D eigenvalue weighted by Gasteiger charge is -2.33. The van der Waals surface area contributed by atoms with Crippen LogP contribution in [-0.2, 0) is 4.79 Å². The number of ketones is 1. The summed E-state index contributed by atoms with van der Waals surface area (Å²) in [7, 11) is 0. The van der Waals surface area contributed by atoms with Gasteiger partial charge < -0.3 is 15.4 Å². The number of carbonyl (C=O) groups excluding carboxylic acids is 2. The van der Waals surface area contributed by atoms with Gasteiger partial charge in [-0.3, -0.25) is 9.59 Å². The summed E-state index contributed by atoms with van der Waals surface area (Å²) in [6, 6.07) is 15.0. The van der Waals surface area contributed by atoms with Gasteiger partial charge in [-0.2, -0.15) is 5.10 Å². The lowest BCUT2D eigenvalue weighted by Crippen LogP contribution is -2.32. The van der Waals surface area contributed by atoms with E-state index in [1.807, 2.05) is 62.4 Å². The predicted molar refractivity (Wildman–Crippen MR) is 127 cm³/mol. The van der Waals surface area contributed by atoms with Gasteiger partial charge in [0.1, 0.15) is 23.2 Å². The van der Waals surface area contributed by atoms with E-state index in [1.165, 1.54) is 0 Å². The molecule has 0 fully saturated rings. The van der Waals surface area contributed by atoms with Gasteiger partial charge in [0.2, 0.25) is 0 Å². The van der Waals surface area contributed by atoms with Crippen LogP contribution < -0.4 is 15.4 Å². The lowest BCUT2D eigenvalue weighted by atomic mass is 9.85. The van der Waals surface area contributed by atoms with Crippen LogP contribution in [0.15, 0.2) is 66.0 Å². The molecule has 7 nitrogen and oxygen atoms in total. The number of allylic oxidation sites excluding steroid dienone is 2. The molecule has 0 saturated carbocycles. The Labute approximate surface area is 192 Å². The molecule has 33 heavy (non-hydrogen) atoms. The monoisotopic (exact) mass is 442 g/mol. The van der Waals surface area contributed by atoms with E-state index in [0.29, 0.717) is 30.1 Å². The number of anilines is 2. The molecule has 2 aromatic carbocycles. The molecule has 1 aliphatic carbocycles. The molecule has 1 atom stereocenters. The average molecular weight is 443 g/mol. The van der Waals surface area contributed by atoms with Crippen molar-refractivity contribution < 1.29 is 14.3 Å². The number of rotatable bonds is 5. The Morgan fingerprint density at radius 1 is 1.15 bits per heavy atom. The van der Waals surface area contributed by atoms with E-state index in [9.17, 15) is 9.59 Å². The number of fused-ring (bicyclic) bond motifs is 1. The van der Waals surface area contributed by atoms with Crippen LogP contribution in [0.2, 0.25) is 0 Å². The maximum atomic E-state index is 13.2. The highest BCUT2D eigenvalue weighted by Gasteiger charge is 2.37. The number of benzene rings is 2. The van der Waals surface area contributed by atoms with Gasteiger partial charge in [0.15, 0.2) is 5.78 Å². The highest BCUT2D eigenvalue weighted by Crippen LogP contribution is 2.41. The Balaban J connectivity index is 1.50. The summed E-state index contributed by atoms with van der Waals surface area (Å²) in [5.74, 6) is 1.23. The summed E-state index contributed by atoms with van der Waals surface area (Å²) >= 11 is 0. The molecule has 0 saturated heterocycles. The van der Waals surface area contributed by atoms with E-state index in [0.717, 1.165) is 41.0 Å². The molecule has 5 rings (SSSR count). The molecule has 3 aromatic rings. The molecule has 1 amide bonds. The van der Waals surface area contributed by atoms with Gasteiger partial charge >= 0.3 is 0 Å². The maximum absolute atomic E-state index is 13.2. The minimum absolute atomic E-state index is 0.135. The van der Waals surface area contributed by atoms with Crippen LogP contribution in [0.4, 0.5) is 11.5 Å². The number of ether oxygens (including phenoxy) is 1. The van der Waals surface area contributed by atoms with Crippen molar-refractivity contribution in [3.05, 3.63) is 82.7 Å². The highest BCUT2D eigenvalue weighted by molar-refractivity contribution is 6.08. The summed E-state index contributed by atoms with van der Waals surface area (Å²) < 4.78 is 7.23. The van der Waals surface area contributed by atoms with Crippen molar-refractivity contribution in [1.29, 1.82) is 0 Å². The Morgan fingerprint density at radius 2 is 1.91 bits per heavy atom. The molecule has 1 aliphatic heterocycles. The number of aromatic nitrogens is 2. The number of hydrogen-bond donors (Lipinski definition) is 2.